The molecule has 0 radical (unpaired) electrons. The molecule has 0 bridgehead atoms. The van der Waals surface area contributed by atoms with Gasteiger partial charge in [0.2, 0.25) is 0 Å². The Bertz CT molecular complexity index is 1140. The molecular formula is C18H12N2O3S. The van der Waals surface area contributed by atoms with Gasteiger partial charge in [0.05, 0.1) is 10.9 Å². The molecule has 0 amide bonds. The molecular weight excluding hydrogens is 324 g/mol. The number of fused-ring (bicyclic) bond motifs is 2. The number of hydrogen-bond acceptors (Lipinski definition) is 4. The number of nitrogens with zero attached hydrogens (tertiary/aromatic N) is 1. The second kappa shape index (κ2) is 5.58. The summed E-state index contributed by atoms with van der Waals surface area (Å²) in [6.07, 6.45) is 0.479. The van der Waals surface area contributed by atoms with Crippen molar-refractivity contribution < 1.29 is 9.90 Å². The second-order valence-electron chi connectivity index (χ2n) is 5.46. The predicted molar refractivity (Wildman–Crippen MR) is 94.0 cm³/mol. The quantitative estimate of drug-likeness (QED) is 0.600. The Kier molecular flexibility index (Phi) is 3.39. The lowest BCUT2D eigenvalue weighted by molar-refractivity contribution is 0.0699. The topological polar surface area (TPSA) is 83.0 Å². The van der Waals surface area contributed by atoms with E-state index in [9.17, 15) is 9.59 Å². The van der Waals surface area contributed by atoms with Crippen LogP contribution in [0.2, 0.25) is 0 Å². The molecule has 0 atom stereocenters. The number of hydrogen-bond donors (Lipinski definition) is 2. The first-order valence-electron chi connectivity index (χ1n) is 7.34. The van der Waals surface area contributed by atoms with Gasteiger partial charge in [-0.25, -0.2) is 9.78 Å². The molecule has 2 heterocycles. The standard InChI is InChI=1S/C18H12N2O3S/c21-16-15-13(18(22)23)9-24-17(15)20-14(19-16)8-11-6-3-5-10-4-1-2-7-12(10)11/h1-7,9H,8H2,(H,22,23)(H,19,20,21). The number of nitrogens with one attached hydrogen (secondary N) is 1. The predicted octanol–water partition coefficient (Wildman–Crippen LogP) is 3.43. The highest BCUT2D eigenvalue weighted by atomic mass is 32.1. The Balaban J connectivity index is 1.83. The molecule has 0 spiro atoms. The largest absolute Gasteiger partial charge is 0.478 e. The molecule has 0 unspecified atom stereocenters. The lowest BCUT2D eigenvalue weighted by atomic mass is 10.0. The Morgan fingerprint density at radius 1 is 1.17 bits per heavy atom. The van der Waals surface area contributed by atoms with Gasteiger partial charge < -0.3 is 10.1 Å². The molecule has 2 aromatic heterocycles. The van der Waals surface area contributed by atoms with Crippen molar-refractivity contribution in [2.24, 2.45) is 0 Å². The van der Waals surface area contributed by atoms with Crippen molar-refractivity contribution in [2.75, 3.05) is 0 Å². The molecule has 6 heteroatoms. The molecule has 0 aliphatic rings. The Hall–Kier alpha value is -2.99. The van der Waals surface area contributed by atoms with Gasteiger partial charge in [0.15, 0.2) is 0 Å². The van der Waals surface area contributed by atoms with Crippen molar-refractivity contribution in [3.05, 3.63) is 75.1 Å². The molecule has 2 N–H and O–H groups in total. The normalized spacial score (nSPS) is 11.2. The number of aromatic amines is 1. The van der Waals surface area contributed by atoms with Crippen molar-refractivity contribution in [3.8, 4) is 0 Å². The highest BCUT2D eigenvalue weighted by Crippen LogP contribution is 2.23. The fraction of sp³-hybridized carbons (Fsp3) is 0.0556. The van der Waals surface area contributed by atoms with E-state index in [1.165, 1.54) is 16.7 Å². The molecule has 2 aromatic carbocycles. The minimum absolute atomic E-state index is 0.000427. The number of carbonyl (C=O) groups is 1. The maximum absolute atomic E-state index is 12.3. The highest BCUT2D eigenvalue weighted by Gasteiger charge is 2.16. The third-order valence-electron chi connectivity index (χ3n) is 3.96. The van der Waals surface area contributed by atoms with Crippen LogP contribution in [-0.2, 0) is 6.42 Å². The van der Waals surface area contributed by atoms with Crippen LogP contribution >= 0.6 is 11.3 Å². The SMILES string of the molecule is O=C(O)c1csc2nc(Cc3cccc4ccccc34)[nH]c(=O)c12. The van der Waals surface area contributed by atoms with Gasteiger partial charge in [0, 0.05) is 11.8 Å². The smallest absolute Gasteiger partial charge is 0.337 e. The molecule has 0 aliphatic heterocycles. The summed E-state index contributed by atoms with van der Waals surface area (Å²) in [5.74, 6) is -0.585. The van der Waals surface area contributed by atoms with E-state index in [0.29, 0.717) is 17.1 Å². The average molecular weight is 336 g/mol. The van der Waals surface area contributed by atoms with Crippen LogP contribution in [0.15, 0.2) is 52.6 Å². The van der Waals surface area contributed by atoms with Gasteiger partial charge in [-0.15, -0.1) is 11.3 Å². The molecule has 0 saturated heterocycles. The minimum atomic E-state index is -1.12. The molecule has 118 valence electrons. The summed E-state index contributed by atoms with van der Waals surface area (Å²) >= 11 is 1.17. The van der Waals surface area contributed by atoms with E-state index in [1.54, 1.807) is 0 Å². The van der Waals surface area contributed by atoms with E-state index in [2.05, 4.69) is 9.97 Å². The molecule has 0 aliphatic carbocycles. The zero-order valence-corrected chi connectivity index (χ0v) is 13.3. The first kappa shape index (κ1) is 14.6. The van der Waals surface area contributed by atoms with Crippen molar-refractivity contribution in [1.29, 1.82) is 0 Å². The number of benzene rings is 2. The van der Waals surface area contributed by atoms with Crippen LogP contribution in [0.25, 0.3) is 21.0 Å². The van der Waals surface area contributed by atoms with Crippen LogP contribution in [0.4, 0.5) is 0 Å². The van der Waals surface area contributed by atoms with Crippen LogP contribution in [-0.4, -0.2) is 21.0 Å². The monoisotopic (exact) mass is 336 g/mol. The Morgan fingerprint density at radius 2 is 1.96 bits per heavy atom. The number of carboxylic acids is 1. The maximum Gasteiger partial charge on any atom is 0.337 e. The fourth-order valence-electron chi connectivity index (χ4n) is 2.86. The van der Waals surface area contributed by atoms with Crippen LogP contribution < -0.4 is 5.56 Å². The van der Waals surface area contributed by atoms with Gasteiger partial charge in [-0.2, -0.15) is 0 Å². The second-order valence-corrected chi connectivity index (χ2v) is 6.32. The van der Waals surface area contributed by atoms with Crippen molar-refractivity contribution in [1.82, 2.24) is 9.97 Å². The summed E-state index contributed by atoms with van der Waals surface area (Å²) in [5.41, 5.74) is 0.653. The fourth-order valence-corrected chi connectivity index (χ4v) is 3.79. The van der Waals surface area contributed by atoms with Crippen LogP contribution in [0.1, 0.15) is 21.7 Å². The molecule has 0 saturated carbocycles. The van der Waals surface area contributed by atoms with E-state index < -0.39 is 11.5 Å². The van der Waals surface area contributed by atoms with Gasteiger partial charge in [0.25, 0.3) is 5.56 Å². The summed E-state index contributed by atoms with van der Waals surface area (Å²) in [4.78, 5) is 31.1. The lowest BCUT2D eigenvalue weighted by Gasteiger charge is -2.06. The number of aromatic nitrogens is 2. The maximum atomic E-state index is 12.3. The number of aromatic carboxylic acids is 1. The Morgan fingerprint density at radius 3 is 2.79 bits per heavy atom. The van der Waals surface area contributed by atoms with Gasteiger partial charge in [-0.05, 0) is 16.3 Å². The highest BCUT2D eigenvalue weighted by molar-refractivity contribution is 7.17. The van der Waals surface area contributed by atoms with Crippen molar-refractivity contribution in [2.45, 2.75) is 6.42 Å². The van der Waals surface area contributed by atoms with E-state index in [0.717, 1.165) is 16.3 Å². The summed E-state index contributed by atoms with van der Waals surface area (Å²) < 4.78 is 0. The van der Waals surface area contributed by atoms with E-state index in [-0.39, 0.29) is 10.9 Å². The van der Waals surface area contributed by atoms with Gasteiger partial charge in [0.1, 0.15) is 10.7 Å². The number of H-pyrrole nitrogens is 1. The molecule has 24 heavy (non-hydrogen) atoms. The zero-order chi connectivity index (χ0) is 16.7. The molecule has 5 nitrogen and oxygen atoms in total. The van der Waals surface area contributed by atoms with E-state index in [4.69, 9.17) is 5.11 Å². The first-order valence-corrected chi connectivity index (χ1v) is 8.22. The number of carboxylic acid groups (broad SMARTS) is 1. The number of thiophene rings is 1. The minimum Gasteiger partial charge on any atom is -0.478 e. The van der Waals surface area contributed by atoms with Gasteiger partial charge in [-0.1, -0.05) is 42.5 Å². The van der Waals surface area contributed by atoms with Crippen LogP contribution in [0, 0.1) is 0 Å². The molecule has 4 rings (SSSR count). The average Bonchev–Trinajstić information content (AvgIpc) is 3.00. The summed E-state index contributed by atoms with van der Waals surface area (Å²) in [6, 6.07) is 14.1. The summed E-state index contributed by atoms with van der Waals surface area (Å²) in [5, 5.41) is 13.0. The van der Waals surface area contributed by atoms with E-state index >= 15 is 0 Å². The van der Waals surface area contributed by atoms with Gasteiger partial charge >= 0.3 is 5.97 Å². The van der Waals surface area contributed by atoms with Crippen molar-refractivity contribution >= 4 is 38.3 Å². The molecule has 0 fully saturated rings. The van der Waals surface area contributed by atoms with Gasteiger partial charge in [-0.3, -0.25) is 4.79 Å². The summed E-state index contributed by atoms with van der Waals surface area (Å²) in [7, 11) is 0. The Labute approximate surface area is 140 Å². The first-order chi connectivity index (χ1) is 11.6. The zero-order valence-electron chi connectivity index (χ0n) is 12.4. The van der Waals surface area contributed by atoms with Crippen LogP contribution in [0.3, 0.4) is 0 Å². The third kappa shape index (κ3) is 2.37. The van der Waals surface area contributed by atoms with E-state index in [1.807, 2.05) is 42.5 Å². The third-order valence-corrected chi connectivity index (χ3v) is 4.83. The lowest BCUT2D eigenvalue weighted by Crippen LogP contribution is -2.13. The van der Waals surface area contributed by atoms with Crippen molar-refractivity contribution in [3.63, 3.8) is 0 Å². The number of rotatable bonds is 3. The summed E-state index contributed by atoms with van der Waals surface area (Å²) in [6.45, 7) is 0. The van der Waals surface area contributed by atoms with Crippen LogP contribution in [0.5, 0.6) is 0 Å². The molecule has 4 aromatic rings.